The zero-order chi connectivity index (χ0) is 27.3. The lowest BCUT2D eigenvalue weighted by Gasteiger charge is -2.21. The van der Waals surface area contributed by atoms with Crippen molar-refractivity contribution >= 4 is 35.5 Å². The number of benzene rings is 1. The maximum Gasteiger partial charge on any atom is 0.329 e. The SMILES string of the molecule is COC(=O)[C@H](CSCCCNC(=O)C(CC(C)C)c1ccc(OC(C)=O)cc1)NC(=O)CC(C)(C)C. The van der Waals surface area contributed by atoms with Crippen molar-refractivity contribution in [2.45, 2.75) is 72.8 Å². The fourth-order valence-electron chi connectivity index (χ4n) is 3.55. The Kier molecular flexibility index (Phi) is 13.6. The minimum absolute atomic E-state index is 0.0455. The molecular weight excluding hydrogens is 480 g/mol. The number of nitrogens with one attached hydrogen (secondary N) is 2. The van der Waals surface area contributed by atoms with Crippen LogP contribution in [0.1, 0.15) is 72.3 Å². The van der Waals surface area contributed by atoms with E-state index in [9.17, 15) is 19.2 Å². The number of ether oxygens (including phenoxy) is 2. The van der Waals surface area contributed by atoms with Crippen molar-refractivity contribution in [3.63, 3.8) is 0 Å². The Morgan fingerprint density at radius 1 is 1.06 bits per heavy atom. The lowest BCUT2D eigenvalue weighted by atomic mass is 9.89. The maximum absolute atomic E-state index is 12.9. The summed E-state index contributed by atoms with van der Waals surface area (Å²) in [5, 5.41) is 5.78. The van der Waals surface area contributed by atoms with E-state index in [0.717, 1.165) is 17.7 Å². The molecule has 0 saturated carbocycles. The van der Waals surface area contributed by atoms with Gasteiger partial charge in [-0.2, -0.15) is 11.8 Å². The number of hydrogen-bond acceptors (Lipinski definition) is 7. The van der Waals surface area contributed by atoms with Crippen LogP contribution in [-0.2, 0) is 23.9 Å². The largest absolute Gasteiger partial charge is 0.467 e. The van der Waals surface area contributed by atoms with Crippen molar-refractivity contribution in [3.8, 4) is 5.75 Å². The summed E-state index contributed by atoms with van der Waals surface area (Å²) in [6.07, 6.45) is 1.74. The van der Waals surface area contributed by atoms with Crippen molar-refractivity contribution in [1.82, 2.24) is 10.6 Å². The van der Waals surface area contributed by atoms with Crippen molar-refractivity contribution in [2.24, 2.45) is 11.3 Å². The summed E-state index contributed by atoms with van der Waals surface area (Å²) in [4.78, 5) is 48.4. The summed E-state index contributed by atoms with van der Waals surface area (Å²) in [5.41, 5.74) is 0.701. The summed E-state index contributed by atoms with van der Waals surface area (Å²) >= 11 is 1.53. The molecule has 0 aliphatic rings. The highest BCUT2D eigenvalue weighted by atomic mass is 32.2. The minimum atomic E-state index is -0.699. The molecule has 1 aromatic carbocycles. The van der Waals surface area contributed by atoms with E-state index in [2.05, 4.69) is 24.5 Å². The van der Waals surface area contributed by atoms with Gasteiger partial charge in [-0.05, 0) is 47.6 Å². The van der Waals surface area contributed by atoms with Crippen molar-refractivity contribution in [2.75, 3.05) is 25.2 Å². The Morgan fingerprint density at radius 3 is 2.22 bits per heavy atom. The molecule has 2 atom stereocenters. The highest BCUT2D eigenvalue weighted by Gasteiger charge is 2.24. The van der Waals surface area contributed by atoms with Gasteiger partial charge in [0.15, 0.2) is 0 Å². The summed E-state index contributed by atoms with van der Waals surface area (Å²) in [6.45, 7) is 11.9. The molecule has 2 amide bonds. The van der Waals surface area contributed by atoms with Gasteiger partial charge in [0.2, 0.25) is 11.8 Å². The van der Waals surface area contributed by atoms with Crippen LogP contribution in [0.4, 0.5) is 0 Å². The normalized spacial score (nSPS) is 13.0. The van der Waals surface area contributed by atoms with Gasteiger partial charge in [-0.25, -0.2) is 4.79 Å². The summed E-state index contributed by atoms with van der Waals surface area (Å²) in [6, 6.07) is 6.34. The number of rotatable bonds is 14. The monoisotopic (exact) mass is 522 g/mol. The average molecular weight is 523 g/mol. The first-order valence-corrected chi connectivity index (χ1v) is 13.5. The van der Waals surface area contributed by atoms with Crippen LogP contribution in [0.3, 0.4) is 0 Å². The third-order valence-electron chi connectivity index (χ3n) is 5.13. The molecule has 2 N–H and O–H groups in total. The van der Waals surface area contributed by atoms with Crippen LogP contribution in [0.2, 0.25) is 0 Å². The Hall–Kier alpha value is -2.55. The van der Waals surface area contributed by atoms with Gasteiger partial charge >= 0.3 is 11.9 Å². The van der Waals surface area contributed by atoms with E-state index < -0.39 is 12.0 Å². The van der Waals surface area contributed by atoms with Gasteiger partial charge < -0.3 is 20.1 Å². The van der Waals surface area contributed by atoms with Gasteiger partial charge in [-0.15, -0.1) is 0 Å². The van der Waals surface area contributed by atoms with E-state index in [1.165, 1.54) is 25.8 Å². The third kappa shape index (κ3) is 13.0. The third-order valence-corrected chi connectivity index (χ3v) is 6.28. The van der Waals surface area contributed by atoms with Crippen molar-refractivity contribution < 1.29 is 28.7 Å². The highest BCUT2D eigenvalue weighted by molar-refractivity contribution is 7.99. The lowest BCUT2D eigenvalue weighted by Crippen LogP contribution is -2.44. The van der Waals surface area contributed by atoms with E-state index in [1.807, 2.05) is 32.9 Å². The summed E-state index contributed by atoms with van der Waals surface area (Å²) in [5.74, 6) is 0.525. The lowest BCUT2D eigenvalue weighted by molar-refractivity contribution is -0.144. The van der Waals surface area contributed by atoms with Crippen LogP contribution in [0.25, 0.3) is 0 Å². The molecule has 0 saturated heterocycles. The zero-order valence-corrected chi connectivity index (χ0v) is 23.5. The summed E-state index contributed by atoms with van der Waals surface area (Å²) < 4.78 is 9.91. The fraction of sp³-hybridized carbons (Fsp3) is 0.630. The molecule has 0 heterocycles. The second-order valence-electron chi connectivity index (χ2n) is 10.4. The van der Waals surface area contributed by atoms with Crippen molar-refractivity contribution in [3.05, 3.63) is 29.8 Å². The van der Waals surface area contributed by atoms with Gasteiger partial charge in [0.05, 0.1) is 13.0 Å². The average Bonchev–Trinajstić information content (AvgIpc) is 2.77. The number of thioether (sulfide) groups is 1. The molecule has 9 heteroatoms. The number of hydrogen-bond donors (Lipinski definition) is 2. The van der Waals surface area contributed by atoms with E-state index in [1.54, 1.807) is 12.1 Å². The Bertz CT molecular complexity index is 864. The van der Waals surface area contributed by atoms with Gasteiger partial charge in [-0.1, -0.05) is 46.8 Å². The predicted molar refractivity (Wildman–Crippen MR) is 143 cm³/mol. The smallest absolute Gasteiger partial charge is 0.329 e. The second kappa shape index (κ2) is 15.5. The number of esters is 2. The molecule has 36 heavy (non-hydrogen) atoms. The first-order chi connectivity index (χ1) is 16.8. The molecule has 0 spiro atoms. The quantitative estimate of drug-likeness (QED) is 0.215. The first kappa shape index (κ1) is 31.5. The number of carbonyl (C=O) groups excluding carboxylic acids is 4. The van der Waals surface area contributed by atoms with E-state index in [-0.39, 0.29) is 29.1 Å². The molecule has 8 nitrogen and oxygen atoms in total. The molecule has 0 bridgehead atoms. The molecule has 0 aliphatic carbocycles. The number of amides is 2. The van der Waals surface area contributed by atoms with Crippen LogP contribution in [0.5, 0.6) is 5.75 Å². The van der Waals surface area contributed by atoms with Crippen LogP contribution in [-0.4, -0.2) is 55.0 Å². The Morgan fingerprint density at radius 2 is 1.69 bits per heavy atom. The molecule has 0 fully saturated rings. The fourth-order valence-corrected chi connectivity index (χ4v) is 4.52. The second-order valence-corrected chi connectivity index (χ2v) is 11.6. The maximum atomic E-state index is 12.9. The predicted octanol–water partition coefficient (Wildman–Crippen LogP) is 4.08. The summed E-state index contributed by atoms with van der Waals surface area (Å²) in [7, 11) is 1.31. The Labute approximate surface area is 219 Å². The Balaban J connectivity index is 2.54. The molecule has 0 radical (unpaired) electrons. The van der Waals surface area contributed by atoms with E-state index in [0.29, 0.717) is 36.8 Å². The van der Waals surface area contributed by atoms with Crippen LogP contribution < -0.4 is 15.4 Å². The number of carbonyl (C=O) groups is 4. The first-order valence-electron chi connectivity index (χ1n) is 12.3. The van der Waals surface area contributed by atoms with E-state index >= 15 is 0 Å². The molecule has 0 aromatic heterocycles. The topological polar surface area (TPSA) is 111 Å². The van der Waals surface area contributed by atoms with Crippen LogP contribution >= 0.6 is 11.8 Å². The molecular formula is C27H42N2O6S. The standard InChI is InChI=1S/C27H42N2O6S/c1-18(2)15-22(20-9-11-21(12-10-20)35-19(3)30)25(32)28-13-8-14-36-17-23(26(33)34-7)29-24(31)16-27(4,5)6/h9-12,18,22-23H,8,13-17H2,1-7H3,(H,28,32)(H,29,31)/t22?,23-/m0/s1. The molecule has 1 unspecified atom stereocenters. The molecule has 202 valence electrons. The van der Waals surface area contributed by atoms with Gasteiger partial charge in [0.1, 0.15) is 11.8 Å². The molecule has 0 aliphatic heterocycles. The zero-order valence-electron chi connectivity index (χ0n) is 22.6. The van der Waals surface area contributed by atoms with Gasteiger partial charge in [-0.3, -0.25) is 14.4 Å². The molecule has 1 aromatic rings. The number of methoxy groups -OCH3 is 1. The van der Waals surface area contributed by atoms with Crippen LogP contribution in [0, 0.1) is 11.3 Å². The minimum Gasteiger partial charge on any atom is -0.467 e. The molecule has 1 rings (SSSR count). The highest BCUT2D eigenvalue weighted by Crippen LogP contribution is 2.26. The van der Waals surface area contributed by atoms with Crippen molar-refractivity contribution in [1.29, 1.82) is 0 Å². The van der Waals surface area contributed by atoms with E-state index in [4.69, 9.17) is 9.47 Å². The van der Waals surface area contributed by atoms with Crippen LogP contribution in [0.15, 0.2) is 24.3 Å². The van der Waals surface area contributed by atoms with Gasteiger partial charge in [0.25, 0.3) is 0 Å². The van der Waals surface area contributed by atoms with Gasteiger partial charge in [0, 0.05) is 25.6 Å².